The molecule has 104 valence electrons. The predicted molar refractivity (Wildman–Crippen MR) is 87.4 cm³/mol. The van der Waals surface area contributed by atoms with Gasteiger partial charge < -0.3 is 0 Å². The molecule has 0 aliphatic rings. The molecule has 0 saturated heterocycles. The van der Waals surface area contributed by atoms with Gasteiger partial charge in [0.25, 0.3) is 0 Å². The van der Waals surface area contributed by atoms with E-state index >= 15 is 0 Å². The number of Topliss-reactive ketones (excluding diaryl/α,β-unsaturated/α-hetero) is 1. The molecule has 0 aromatic heterocycles. The standard InChI is InChI=1S/C18H19BrO/c1-3-14-7-8-16(12-15(14)4-2)18(20)11-13-5-9-17(19)10-6-13/h5-10,12H,3-4,11H2,1-2H3. The van der Waals surface area contributed by atoms with E-state index in [0.717, 1.165) is 28.4 Å². The van der Waals surface area contributed by atoms with E-state index in [2.05, 4.69) is 41.9 Å². The molecule has 0 N–H and O–H groups in total. The Hall–Kier alpha value is -1.41. The topological polar surface area (TPSA) is 17.1 Å². The van der Waals surface area contributed by atoms with Crippen LogP contribution >= 0.6 is 15.9 Å². The predicted octanol–water partition coefficient (Wildman–Crippen LogP) is 5.00. The number of carbonyl (C=O) groups excluding carboxylic acids is 1. The van der Waals surface area contributed by atoms with Crippen molar-refractivity contribution < 1.29 is 4.79 Å². The van der Waals surface area contributed by atoms with Crippen molar-refractivity contribution in [1.82, 2.24) is 0 Å². The van der Waals surface area contributed by atoms with E-state index in [1.54, 1.807) is 0 Å². The van der Waals surface area contributed by atoms with Crippen LogP contribution in [-0.4, -0.2) is 5.78 Å². The lowest BCUT2D eigenvalue weighted by molar-refractivity contribution is 0.0993. The number of carbonyl (C=O) groups is 1. The van der Waals surface area contributed by atoms with Gasteiger partial charge in [0.2, 0.25) is 0 Å². The summed E-state index contributed by atoms with van der Waals surface area (Å²) in [4.78, 5) is 12.4. The number of halogens is 1. The van der Waals surface area contributed by atoms with Crippen LogP contribution in [0.4, 0.5) is 0 Å². The Morgan fingerprint density at radius 2 is 1.60 bits per heavy atom. The van der Waals surface area contributed by atoms with Gasteiger partial charge in [0, 0.05) is 16.5 Å². The van der Waals surface area contributed by atoms with E-state index in [1.807, 2.05) is 30.3 Å². The Bertz CT molecular complexity index is 599. The van der Waals surface area contributed by atoms with Crippen molar-refractivity contribution in [1.29, 1.82) is 0 Å². The third-order valence-corrected chi connectivity index (χ3v) is 4.10. The van der Waals surface area contributed by atoms with Crippen LogP contribution in [0, 0.1) is 0 Å². The van der Waals surface area contributed by atoms with Crippen LogP contribution in [-0.2, 0) is 19.3 Å². The fourth-order valence-electron chi connectivity index (χ4n) is 2.36. The number of ketones is 1. The molecule has 0 atom stereocenters. The number of hydrogen-bond acceptors (Lipinski definition) is 1. The molecule has 2 heteroatoms. The van der Waals surface area contributed by atoms with Gasteiger partial charge in [-0.15, -0.1) is 0 Å². The van der Waals surface area contributed by atoms with E-state index in [0.29, 0.717) is 6.42 Å². The number of hydrogen-bond donors (Lipinski definition) is 0. The molecule has 0 saturated carbocycles. The minimum atomic E-state index is 0.185. The minimum absolute atomic E-state index is 0.185. The second-order valence-corrected chi connectivity index (χ2v) is 5.83. The monoisotopic (exact) mass is 330 g/mol. The molecule has 2 aromatic carbocycles. The highest BCUT2D eigenvalue weighted by Crippen LogP contribution is 2.17. The Morgan fingerprint density at radius 3 is 2.20 bits per heavy atom. The highest BCUT2D eigenvalue weighted by Gasteiger charge is 2.09. The number of benzene rings is 2. The third kappa shape index (κ3) is 3.57. The molecule has 0 spiro atoms. The van der Waals surface area contributed by atoms with Gasteiger partial charge in [-0.25, -0.2) is 0 Å². The SMILES string of the molecule is CCc1ccc(C(=O)Cc2ccc(Br)cc2)cc1CC. The molecule has 0 aliphatic heterocycles. The summed E-state index contributed by atoms with van der Waals surface area (Å²) in [6.07, 6.45) is 2.45. The summed E-state index contributed by atoms with van der Waals surface area (Å²) in [5, 5.41) is 0. The average Bonchev–Trinajstić information content (AvgIpc) is 2.48. The van der Waals surface area contributed by atoms with E-state index in [9.17, 15) is 4.79 Å². The van der Waals surface area contributed by atoms with Crippen molar-refractivity contribution in [2.75, 3.05) is 0 Å². The van der Waals surface area contributed by atoms with Gasteiger partial charge in [-0.05, 0) is 47.7 Å². The van der Waals surface area contributed by atoms with E-state index in [4.69, 9.17) is 0 Å². The van der Waals surface area contributed by atoms with Crippen LogP contribution in [0.15, 0.2) is 46.9 Å². The normalized spacial score (nSPS) is 10.6. The lowest BCUT2D eigenvalue weighted by Gasteiger charge is -2.08. The summed E-state index contributed by atoms with van der Waals surface area (Å²) < 4.78 is 1.04. The summed E-state index contributed by atoms with van der Waals surface area (Å²) in [5.41, 5.74) is 4.50. The second-order valence-electron chi connectivity index (χ2n) is 4.92. The van der Waals surface area contributed by atoms with Crippen LogP contribution < -0.4 is 0 Å². The molecule has 0 unspecified atom stereocenters. The highest BCUT2D eigenvalue weighted by molar-refractivity contribution is 9.10. The molecule has 0 heterocycles. The Kier molecular flexibility index (Phi) is 5.13. The average molecular weight is 331 g/mol. The lowest BCUT2D eigenvalue weighted by atomic mass is 9.96. The van der Waals surface area contributed by atoms with Gasteiger partial charge in [0.05, 0.1) is 0 Å². The second kappa shape index (κ2) is 6.85. The molecule has 1 nitrogen and oxygen atoms in total. The van der Waals surface area contributed by atoms with Crippen molar-refractivity contribution in [3.05, 3.63) is 69.2 Å². The zero-order valence-corrected chi connectivity index (χ0v) is 13.5. The number of rotatable bonds is 5. The van der Waals surface area contributed by atoms with Gasteiger partial charge in [0.15, 0.2) is 5.78 Å². The molecular formula is C18H19BrO. The van der Waals surface area contributed by atoms with Gasteiger partial charge in [-0.2, -0.15) is 0 Å². The van der Waals surface area contributed by atoms with Crippen LogP contribution in [0.5, 0.6) is 0 Å². The first kappa shape index (κ1) is 15.0. The van der Waals surface area contributed by atoms with Gasteiger partial charge in [-0.1, -0.05) is 54.0 Å². The summed E-state index contributed by atoms with van der Waals surface area (Å²) in [6, 6.07) is 14.0. The first-order valence-electron chi connectivity index (χ1n) is 7.03. The van der Waals surface area contributed by atoms with E-state index < -0.39 is 0 Å². The summed E-state index contributed by atoms with van der Waals surface area (Å²) >= 11 is 3.41. The van der Waals surface area contributed by atoms with Crippen LogP contribution in [0.2, 0.25) is 0 Å². The van der Waals surface area contributed by atoms with E-state index in [-0.39, 0.29) is 5.78 Å². The Labute approximate surface area is 129 Å². The number of aryl methyl sites for hydroxylation is 2. The van der Waals surface area contributed by atoms with Crippen molar-refractivity contribution >= 4 is 21.7 Å². The molecule has 2 aromatic rings. The molecule has 0 fully saturated rings. The lowest BCUT2D eigenvalue weighted by Crippen LogP contribution is -2.05. The summed E-state index contributed by atoms with van der Waals surface area (Å²) in [5.74, 6) is 0.185. The maximum atomic E-state index is 12.4. The highest BCUT2D eigenvalue weighted by atomic mass is 79.9. The van der Waals surface area contributed by atoms with Crippen LogP contribution in [0.1, 0.15) is 40.9 Å². The van der Waals surface area contributed by atoms with Crippen LogP contribution in [0.25, 0.3) is 0 Å². The summed E-state index contributed by atoms with van der Waals surface area (Å²) in [6.45, 7) is 4.29. The first-order chi connectivity index (χ1) is 9.63. The fourth-order valence-corrected chi connectivity index (χ4v) is 2.63. The molecule has 20 heavy (non-hydrogen) atoms. The largest absolute Gasteiger partial charge is 0.294 e. The fraction of sp³-hybridized carbons (Fsp3) is 0.278. The van der Waals surface area contributed by atoms with E-state index in [1.165, 1.54) is 11.1 Å². The van der Waals surface area contributed by atoms with Crippen molar-refractivity contribution in [2.24, 2.45) is 0 Å². The van der Waals surface area contributed by atoms with Gasteiger partial charge >= 0.3 is 0 Å². The molecule has 0 aliphatic carbocycles. The summed E-state index contributed by atoms with van der Waals surface area (Å²) in [7, 11) is 0. The smallest absolute Gasteiger partial charge is 0.167 e. The maximum Gasteiger partial charge on any atom is 0.167 e. The van der Waals surface area contributed by atoms with Crippen LogP contribution in [0.3, 0.4) is 0 Å². The van der Waals surface area contributed by atoms with Crippen molar-refractivity contribution in [3.63, 3.8) is 0 Å². The Morgan fingerprint density at radius 1 is 0.950 bits per heavy atom. The maximum absolute atomic E-state index is 12.4. The Balaban J connectivity index is 2.18. The van der Waals surface area contributed by atoms with Gasteiger partial charge in [-0.3, -0.25) is 4.79 Å². The zero-order valence-electron chi connectivity index (χ0n) is 11.9. The minimum Gasteiger partial charge on any atom is -0.294 e. The molecular weight excluding hydrogens is 312 g/mol. The molecule has 0 amide bonds. The molecule has 0 bridgehead atoms. The van der Waals surface area contributed by atoms with Gasteiger partial charge in [0.1, 0.15) is 0 Å². The van der Waals surface area contributed by atoms with Crippen molar-refractivity contribution in [3.8, 4) is 0 Å². The van der Waals surface area contributed by atoms with Crippen molar-refractivity contribution in [2.45, 2.75) is 33.1 Å². The first-order valence-corrected chi connectivity index (χ1v) is 7.82. The zero-order chi connectivity index (χ0) is 14.5. The molecule has 0 radical (unpaired) electrons. The molecule has 2 rings (SSSR count). The third-order valence-electron chi connectivity index (χ3n) is 3.57. The quantitative estimate of drug-likeness (QED) is 0.705.